The zero-order valence-corrected chi connectivity index (χ0v) is 12.6. The van der Waals surface area contributed by atoms with Gasteiger partial charge in [0.15, 0.2) is 0 Å². The van der Waals surface area contributed by atoms with E-state index < -0.39 is 8.32 Å². The molecule has 0 aliphatic rings. The Balaban J connectivity index is 2.97. The summed E-state index contributed by atoms with van der Waals surface area (Å²) < 4.78 is 6.17. The molecule has 0 saturated heterocycles. The van der Waals surface area contributed by atoms with Crippen LogP contribution in [0.4, 0.5) is 0 Å². The molecule has 0 N–H and O–H groups in total. The van der Waals surface area contributed by atoms with Gasteiger partial charge in [-0.05, 0) is 48.8 Å². The van der Waals surface area contributed by atoms with Crippen molar-refractivity contribution < 1.29 is 9.22 Å². The van der Waals surface area contributed by atoms with E-state index in [9.17, 15) is 4.79 Å². The number of rotatable bonds is 3. The average Bonchev–Trinajstić information content (AvgIpc) is 2.15. The van der Waals surface area contributed by atoms with E-state index in [0.717, 1.165) is 23.2 Å². The minimum atomic E-state index is -1.78. The van der Waals surface area contributed by atoms with Crippen LogP contribution in [0.25, 0.3) is 0 Å². The highest BCUT2D eigenvalue weighted by Gasteiger charge is 2.38. The molecule has 0 bridgehead atoms. The molecule has 0 unspecified atom stereocenters. The summed E-state index contributed by atoms with van der Waals surface area (Å²) in [7, 11) is -1.78. The van der Waals surface area contributed by atoms with E-state index in [1.54, 1.807) is 0 Å². The summed E-state index contributed by atoms with van der Waals surface area (Å²) in [6.45, 7) is 13.0. The van der Waals surface area contributed by atoms with E-state index >= 15 is 0 Å². The van der Waals surface area contributed by atoms with Crippen LogP contribution in [0.1, 0.15) is 36.7 Å². The van der Waals surface area contributed by atoms with Gasteiger partial charge in [-0.25, -0.2) is 0 Å². The van der Waals surface area contributed by atoms with E-state index in [1.165, 1.54) is 0 Å². The lowest BCUT2D eigenvalue weighted by Gasteiger charge is -2.36. The van der Waals surface area contributed by atoms with Gasteiger partial charge >= 0.3 is 0 Å². The van der Waals surface area contributed by atoms with Gasteiger partial charge in [-0.15, -0.1) is 0 Å². The predicted molar refractivity (Wildman–Crippen MR) is 74.4 cm³/mol. The fourth-order valence-corrected chi connectivity index (χ4v) is 2.31. The fourth-order valence-electron chi connectivity index (χ4n) is 1.29. The molecule has 2 nitrogen and oxygen atoms in total. The SMILES string of the molecule is Cc1cc(O[Si](C)(C)C(C)(C)C)ccc1C=O. The van der Waals surface area contributed by atoms with Gasteiger partial charge in [0.1, 0.15) is 12.0 Å². The minimum absolute atomic E-state index is 0.185. The van der Waals surface area contributed by atoms with Crippen molar-refractivity contribution in [2.45, 2.75) is 45.8 Å². The summed E-state index contributed by atoms with van der Waals surface area (Å²) in [5, 5.41) is 0.185. The lowest BCUT2D eigenvalue weighted by molar-refractivity contribution is 0.112. The monoisotopic (exact) mass is 250 g/mol. The third-order valence-corrected chi connectivity index (χ3v) is 7.91. The smallest absolute Gasteiger partial charge is 0.250 e. The first-order chi connectivity index (χ1) is 7.67. The molecule has 0 heterocycles. The second kappa shape index (κ2) is 4.65. The average molecular weight is 250 g/mol. The molecule has 0 aromatic heterocycles. The maximum absolute atomic E-state index is 10.8. The Kier molecular flexibility index (Phi) is 3.82. The Morgan fingerprint density at radius 1 is 1.24 bits per heavy atom. The fraction of sp³-hybridized carbons (Fsp3) is 0.500. The number of hydrogen-bond donors (Lipinski definition) is 0. The van der Waals surface area contributed by atoms with Crippen molar-refractivity contribution in [3.63, 3.8) is 0 Å². The molecule has 0 aliphatic heterocycles. The summed E-state index contributed by atoms with van der Waals surface area (Å²) in [5.74, 6) is 0.875. The quantitative estimate of drug-likeness (QED) is 0.594. The molecule has 3 heteroatoms. The van der Waals surface area contributed by atoms with E-state index in [1.807, 2.05) is 25.1 Å². The zero-order chi connectivity index (χ0) is 13.3. The van der Waals surface area contributed by atoms with Crippen molar-refractivity contribution in [3.8, 4) is 5.75 Å². The Morgan fingerprint density at radius 2 is 1.82 bits per heavy atom. The van der Waals surface area contributed by atoms with Crippen LogP contribution in [-0.2, 0) is 0 Å². The van der Waals surface area contributed by atoms with Crippen molar-refractivity contribution in [3.05, 3.63) is 29.3 Å². The summed E-state index contributed by atoms with van der Waals surface area (Å²) >= 11 is 0. The summed E-state index contributed by atoms with van der Waals surface area (Å²) in [6, 6.07) is 5.66. The maximum atomic E-state index is 10.8. The number of aldehydes is 1. The molecule has 1 aromatic rings. The number of hydrogen-bond acceptors (Lipinski definition) is 2. The van der Waals surface area contributed by atoms with Crippen molar-refractivity contribution in [1.29, 1.82) is 0 Å². The van der Waals surface area contributed by atoms with Gasteiger partial charge in [-0.2, -0.15) is 0 Å². The maximum Gasteiger partial charge on any atom is 0.250 e. The minimum Gasteiger partial charge on any atom is -0.543 e. The van der Waals surface area contributed by atoms with Crippen molar-refractivity contribution in [2.75, 3.05) is 0 Å². The molecule has 0 radical (unpaired) electrons. The van der Waals surface area contributed by atoms with E-state index in [-0.39, 0.29) is 5.04 Å². The van der Waals surface area contributed by atoms with Gasteiger partial charge in [-0.3, -0.25) is 4.79 Å². The largest absolute Gasteiger partial charge is 0.543 e. The van der Waals surface area contributed by atoms with Crippen LogP contribution >= 0.6 is 0 Å². The molecule has 0 saturated carbocycles. The number of aryl methyl sites for hydroxylation is 1. The van der Waals surface area contributed by atoms with Crippen molar-refractivity contribution in [2.24, 2.45) is 0 Å². The van der Waals surface area contributed by atoms with Crippen molar-refractivity contribution in [1.82, 2.24) is 0 Å². The Morgan fingerprint density at radius 3 is 2.24 bits per heavy atom. The first-order valence-corrected chi connectivity index (χ1v) is 8.83. The highest BCUT2D eigenvalue weighted by atomic mass is 28.4. The van der Waals surface area contributed by atoms with E-state index in [4.69, 9.17) is 4.43 Å². The molecule has 0 aliphatic carbocycles. The van der Waals surface area contributed by atoms with Crippen LogP contribution in [0.5, 0.6) is 5.75 Å². The second-order valence-electron chi connectivity index (χ2n) is 6.00. The van der Waals surface area contributed by atoms with Crippen LogP contribution in [0.2, 0.25) is 18.1 Å². The van der Waals surface area contributed by atoms with Gasteiger partial charge in [0.05, 0.1) is 0 Å². The zero-order valence-electron chi connectivity index (χ0n) is 11.6. The number of carbonyl (C=O) groups is 1. The molecule has 0 fully saturated rings. The number of benzene rings is 1. The lowest BCUT2D eigenvalue weighted by Crippen LogP contribution is -2.43. The van der Waals surface area contributed by atoms with E-state index in [0.29, 0.717) is 0 Å². The van der Waals surface area contributed by atoms with Crippen LogP contribution in [-0.4, -0.2) is 14.6 Å². The normalized spacial score (nSPS) is 12.4. The summed E-state index contributed by atoms with van der Waals surface area (Å²) in [5.41, 5.74) is 1.70. The Labute approximate surface area is 105 Å². The third kappa shape index (κ3) is 3.19. The van der Waals surface area contributed by atoms with E-state index in [2.05, 4.69) is 33.9 Å². The lowest BCUT2D eigenvalue weighted by atomic mass is 10.1. The third-order valence-electron chi connectivity index (χ3n) is 3.55. The van der Waals surface area contributed by atoms with Gasteiger partial charge < -0.3 is 4.43 Å². The Hall–Kier alpha value is -1.09. The van der Waals surface area contributed by atoms with Crippen molar-refractivity contribution >= 4 is 14.6 Å². The first kappa shape index (κ1) is 14.0. The van der Waals surface area contributed by atoms with Crippen LogP contribution < -0.4 is 4.43 Å². The molecule has 0 amide bonds. The molecular weight excluding hydrogens is 228 g/mol. The predicted octanol–water partition coefficient (Wildman–Crippen LogP) is 4.19. The van der Waals surface area contributed by atoms with Gasteiger partial charge in [-0.1, -0.05) is 20.8 Å². The molecule has 94 valence electrons. The molecule has 1 rings (SSSR count). The highest BCUT2D eigenvalue weighted by molar-refractivity contribution is 6.74. The molecule has 0 atom stereocenters. The molecule has 0 spiro atoms. The molecule has 1 aromatic carbocycles. The summed E-state index contributed by atoms with van der Waals surface area (Å²) in [4.78, 5) is 10.8. The molecule has 17 heavy (non-hydrogen) atoms. The van der Waals surface area contributed by atoms with Gasteiger partial charge in [0.2, 0.25) is 8.32 Å². The Bertz CT molecular complexity index is 417. The second-order valence-corrected chi connectivity index (χ2v) is 10.7. The highest BCUT2D eigenvalue weighted by Crippen LogP contribution is 2.37. The van der Waals surface area contributed by atoms with Crippen LogP contribution in [0.15, 0.2) is 18.2 Å². The number of carbonyl (C=O) groups excluding carboxylic acids is 1. The summed E-state index contributed by atoms with van der Waals surface area (Å²) in [6.07, 6.45) is 0.880. The first-order valence-electron chi connectivity index (χ1n) is 5.92. The van der Waals surface area contributed by atoms with Gasteiger partial charge in [0.25, 0.3) is 0 Å². The van der Waals surface area contributed by atoms with Crippen LogP contribution in [0.3, 0.4) is 0 Å². The standard InChI is InChI=1S/C14H22O2Si/c1-11-9-13(8-7-12(11)10-15)16-17(5,6)14(2,3)4/h7-10H,1-6H3. The topological polar surface area (TPSA) is 26.3 Å². The van der Waals surface area contributed by atoms with Crippen LogP contribution in [0, 0.1) is 6.92 Å². The molecular formula is C14H22O2Si. The van der Waals surface area contributed by atoms with Gasteiger partial charge in [0, 0.05) is 5.56 Å².